The van der Waals surface area contributed by atoms with Crippen molar-refractivity contribution in [3.8, 4) is 0 Å². The summed E-state index contributed by atoms with van der Waals surface area (Å²) in [6.07, 6.45) is 12.2. The van der Waals surface area contributed by atoms with Crippen molar-refractivity contribution in [3.05, 3.63) is 0 Å². The van der Waals surface area contributed by atoms with Crippen molar-refractivity contribution >= 4 is 0 Å². The molecule has 22 heavy (non-hydrogen) atoms. The Bertz CT molecular complexity index is 308. The van der Waals surface area contributed by atoms with Crippen molar-refractivity contribution in [1.29, 1.82) is 0 Å². The summed E-state index contributed by atoms with van der Waals surface area (Å²) in [5.74, 6) is 0. The van der Waals surface area contributed by atoms with E-state index < -0.39 is 0 Å². The van der Waals surface area contributed by atoms with Crippen LogP contribution >= 0.6 is 0 Å². The lowest BCUT2D eigenvalue weighted by atomic mass is 9.58. The monoisotopic (exact) mass is 309 g/mol. The van der Waals surface area contributed by atoms with Crippen LogP contribution in [-0.4, -0.2) is 23.5 Å². The highest BCUT2D eigenvalue weighted by molar-refractivity contribution is 4.94. The first-order valence-corrected chi connectivity index (χ1v) is 10.1. The van der Waals surface area contributed by atoms with Gasteiger partial charge in [-0.2, -0.15) is 0 Å². The third-order valence-corrected chi connectivity index (χ3v) is 7.64. The van der Waals surface area contributed by atoms with Crippen molar-refractivity contribution in [1.82, 2.24) is 4.90 Å². The van der Waals surface area contributed by atoms with Crippen LogP contribution in [0.4, 0.5) is 0 Å². The van der Waals surface area contributed by atoms with Crippen LogP contribution in [0.5, 0.6) is 0 Å². The first-order valence-electron chi connectivity index (χ1n) is 10.1. The molecule has 1 atom stereocenters. The maximum Gasteiger partial charge on any atom is 0.0178 e. The Balaban J connectivity index is 2.78. The zero-order valence-electron chi connectivity index (χ0n) is 16.7. The molecule has 1 nitrogen and oxygen atoms in total. The highest BCUT2D eigenvalue weighted by atomic mass is 15.2. The van der Waals surface area contributed by atoms with Crippen LogP contribution in [-0.2, 0) is 0 Å². The second-order valence-corrected chi connectivity index (χ2v) is 8.62. The van der Waals surface area contributed by atoms with Gasteiger partial charge in [0.25, 0.3) is 0 Å². The molecule has 0 aromatic heterocycles. The van der Waals surface area contributed by atoms with Gasteiger partial charge in [-0.3, -0.25) is 4.90 Å². The van der Waals surface area contributed by atoms with Crippen LogP contribution in [0.15, 0.2) is 0 Å². The van der Waals surface area contributed by atoms with E-state index in [-0.39, 0.29) is 0 Å². The average molecular weight is 310 g/mol. The maximum atomic E-state index is 2.82. The van der Waals surface area contributed by atoms with E-state index in [0.29, 0.717) is 16.4 Å². The molecule has 1 aliphatic rings. The molecule has 0 bridgehead atoms. The van der Waals surface area contributed by atoms with Crippen LogP contribution in [0.2, 0.25) is 0 Å². The lowest BCUT2D eigenvalue weighted by Gasteiger charge is -2.50. The zero-order chi connectivity index (χ0) is 16.9. The molecule has 1 heteroatoms. The van der Waals surface area contributed by atoms with Crippen molar-refractivity contribution in [2.45, 2.75) is 112 Å². The average Bonchev–Trinajstić information content (AvgIpc) is 2.50. The molecule has 1 unspecified atom stereocenters. The minimum atomic E-state index is 0.432. The van der Waals surface area contributed by atoms with Gasteiger partial charge in [0.15, 0.2) is 0 Å². The fraction of sp³-hybridized carbons (Fsp3) is 1.00. The predicted octanol–water partition coefficient (Wildman–Crippen LogP) is 6.66. The third-order valence-electron chi connectivity index (χ3n) is 7.64. The van der Waals surface area contributed by atoms with Crippen molar-refractivity contribution < 1.29 is 0 Å². The molecule has 0 spiro atoms. The van der Waals surface area contributed by atoms with Gasteiger partial charge in [0.1, 0.15) is 0 Å². The molecule has 0 aromatic carbocycles. The Labute approximate surface area is 141 Å². The second kappa shape index (κ2) is 8.18. The molecule has 132 valence electrons. The van der Waals surface area contributed by atoms with E-state index in [2.05, 4.69) is 53.4 Å². The molecule has 0 amide bonds. The maximum absolute atomic E-state index is 2.82. The van der Waals surface area contributed by atoms with Crippen LogP contribution < -0.4 is 0 Å². The van der Waals surface area contributed by atoms with Crippen LogP contribution in [0, 0.1) is 10.8 Å². The molecular weight excluding hydrogens is 266 g/mol. The van der Waals surface area contributed by atoms with Crippen LogP contribution in [0.1, 0.15) is 106 Å². The first-order chi connectivity index (χ1) is 10.3. The fourth-order valence-corrected chi connectivity index (χ4v) is 4.90. The molecule has 0 aliphatic carbocycles. The molecular formula is C21H43N. The number of nitrogens with zero attached hydrogens (tertiary/aromatic N) is 1. The summed E-state index contributed by atoms with van der Waals surface area (Å²) in [6.45, 7) is 19.8. The fourth-order valence-electron chi connectivity index (χ4n) is 4.90. The Morgan fingerprint density at radius 2 is 1.36 bits per heavy atom. The molecule has 1 rings (SSSR count). The third kappa shape index (κ3) is 4.08. The van der Waals surface area contributed by atoms with Gasteiger partial charge in [-0.15, -0.1) is 0 Å². The Morgan fingerprint density at radius 3 is 1.73 bits per heavy atom. The van der Waals surface area contributed by atoms with Gasteiger partial charge in [-0.1, -0.05) is 60.8 Å². The normalized spacial score (nSPS) is 23.6. The summed E-state index contributed by atoms with van der Waals surface area (Å²) < 4.78 is 0. The Morgan fingerprint density at radius 1 is 0.864 bits per heavy atom. The quantitative estimate of drug-likeness (QED) is 0.508. The molecule has 0 saturated carbocycles. The lowest BCUT2D eigenvalue weighted by Crippen LogP contribution is -2.49. The first kappa shape index (κ1) is 20.0. The summed E-state index contributed by atoms with van der Waals surface area (Å²) in [5, 5.41) is 0. The Hall–Kier alpha value is -0.0400. The van der Waals surface area contributed by atoms with Gasteiger partial charge in [-0.25, -0.2) is 0 Å². The highest BCUT2D eigenvalue weighted by Crippen LogP contribution is 2.51. The van der Waals surface area contributed by atoms with E-state index in [4.69, 9.17) is 0 Å². The number of hydrogen-bond acceptors (Lipinski definition) is 1. The highest BCUT2D eigenvalue weighted by Gasteiger charge is 2.42. The number of hydrogen-bond donors (Lipinski definition) is 0. The van der Waals surface area contributed by atoms with E-state index >= 15 is 0 Å². The largest absolute Gasteiger partial charge is 0.298 e. The van der Waals surface area contributed by atoms with E-state index in [1.54, 1.807) is 0 Å². The standard InChI is InChI=1S/C21H43N/c1-8-14-21(7,11-4)22-17-12-15-20(6,16-13-18-22)19(5,9-2)10-3/h8-18H2,1-7H3. The van der Waals surface area contributed by atoms with Gasteiger partial charge in [0.05, 0.1) is 0 Å². The van der Waals surface area contributed by atoms with Gasteiger partial charge in [0.2, 0.25) is 0 Å². The van der Waals surface area contributed by atoms with Crippen molar-refractivity contribution in [2.24, 2.45) is 10.8 Å². The minimum Gasteiger partial charge on any atom is -0.298 e. The van der Waals surface area contributed by atoms with E-state index in [1.807, 2.05) is 0 Å². The minimum absolute atomic E-state index is 0.432. The van der Waals surface area contributed by atoms with Gasteiger partial charge in [-0.05, 0) is 69.4 Å². The van der Waals surface area contributed by atoms with Crippen molar-refractivity contribution in [3.63, 3.8) is 0 Å². The van der Waals surface area contributed by atoms with Crippen LogP contribution in [0.3, 0.4) is 0 Å². The summed E-state index contributed by atoms with van der Waals surface area (Å²) in [6, 6.07) is 0. The summed E-state index contributed by atoms with van der Waals surface area (Å²) in [4.78, 5) is 2.82. The number of rotatable bonds is 7. The van der Waals surface area contributed by atoms with Gasteiger partial charge >= 0.3 is 0 Å². The SMILES string of the molecule is CCCC(C)(CC)N1CCCC(C)(C(C)(CC)CC)CCC1. The summed E-state index contributed by atoms with van der Waals surface area (Å²) >= 11 is 0. The predicted molar refractivity (Wildman–Crippen MR) is 100 cm³/mol. The molecule has 1 saturated heterocycles. The molecule has 0 N–H and O–H groups in total. The topological polar surface area (TPSA) is 3.24 Å². The van der Waals surface area contributed by atoms with Gasteiger partial charge in [0, 0.05) is 5.54 Å². The second-order valence-electron chi connectivity index (χ2n) is 8.62. The molecule has 0 radical (unpaired) electrons. The molecule has 0 aromatic rings. The van der Waals surface area contributed by atoms with Crippen molar-refractivity contribution in [2.75, 3.05) is 13.1 Å². The molecule has 1 fully saturated rings. The van der Waals surface area contributed by atoms with Gasteiger partial charge < -0.3 is 0 Å². The number of likely N-dealkylation sites (tertiary alicyclic amines) is 1. The van der Waals surface area contributed by atoms with E-state index in [9.17, 15) is 0 Å². The smallest absolute Gasteiger partial charge is 0.0178 e. The zero-order valence-corrected chi connectivity index (χ0v) is 16.7. The summed E-state index contributed by atoms with van der Waals surface area (Å²) in [5.41, 5.74) is 1.49. The Kier molecular flexibility index (Phi) is 7.43. The summed E-state index contributed by atoms with van der Waals surface area (Å²) in [7, 11) is 0. The lowest BCUT2D eigenvalue weighted by molar-refractivity contribution is 0.00244. The molecule has 1 aliphatic heterocycles. The van der Waals surface area contributed by atoms with Crippen LogP contribution in [0.25, 0.3) is 0 Å². The van der Waals surface area contributed by atoms with E-state index in [0.717, 1.165) is 0 Å². The molecule has 1 heterocycles. The van der Waals surface area contributed by atoms with E-state index in [1.165, 1.54) is 70.9 Å².